The van der Waals surface area contributed by atoms with Crippen molar-refractivity contribution in [2.75, 3.05) is 18.4 Å². The Balaban J connectivity index is 1.65. The third-order valence-corrected chi connectivity index (χ3v) is 5.98. The summed E-state index contributed by atoms with van der Waals surface area (Å²) in [5.74, 6) is 0.882. The Morgan fingerprint density at radius 1 is 0.900 bits per heavy atom. The first-order chi connectivity index (χ1) is 14.5. The van der Waals surface area contributed by atoms with Crippen molar-refractivity contribution in [1.29, 1.82) is 0 Å². The summed E-state index contributed by atoms with van der Waals surface area (Å²) in [6, 6.07) is 24.2. The molecular formula is C23H22N2O4S. The topological polar surface area (TPSA) is 75.7 Å². The van der Waals surface area contributed by atoms with Crippen LogP contribution in [0.3, 0.4) is 0 Å². The lowest BCUT2D eigenvalue weighted by molar-refractivity contribution is -0.116. The van der Waals surface area contributed by atoms with E-state index in [-0.39, 0.29) is 18.0 Å². The lowest BCUT2D eigenvalue weighted by Gasteiger charge is -2.20. The smallest absolute Gasteiger partial charge is 0.243 e. The lowest BCUT2D eigenvalue weighted by atomic mass is 10.3. The Kier molecular flexibility index (Phi) is 7.00. The molecule has 0 fully saturated rings. The minimum absolute atomic E-state index is 0.0223. The summed E-state index contributed by atoms with van der Waals surface area (Å²) in [5, 5.41) is 2.71. The molecule has 6 nitrogen and oxygen atoms in total. The second kappa shape index (κ2) is 9.87. The van der Waals surface area contributed by atoms with E-state index in [4.69, 9.17) is 4.74 Å². The molecule has 0 aromatic heterocycles. The quantitative estimate of drug-likeness (QED) is 0.522. The van der Waals surface area contributed by atoms with Crippen molar-refractivity contribution in [3.05, 3.63) is 97.6 Å². The van der Waals surface area contributed by atoms with Gasteiger partial charge in [-0.1, -0.05) is 42.5 Å². The zero-order chi connectivity index (χ0) is 21.4. The first kappa shape index (κ1) is 21.3. The van der Waals surface area contributed by atoms with Crippen molar-refractivity contribution >= 4 is 21.6 Å². The average molecular weight is 423 g/mol. The summed E-state index contributed by atoms with van der Waals surface area (Å²) in [5.41, 5.74) is 0.538. The van der Waals surface area contributed by atoms with Crippen LogP contribution in [0, 0.1) is 0 Å². The molecule has 0 atom stereocenters. The fourth-order valence-corrected chi connectivity index (χ4v) is 4.11. The molecule has 0 aliphatic rings. The number of hydrogen-bond donors (Lipinski definition) is 1. The van der Waals surface area contributed by atoms with Gasteiger partial charge >= 0.3 is 0 Å². The highest BCUT2D eigenvalue weighted by molar-refractivity contribution is 7.89. The number of rotatable bonds is 9. The summed E-state index contributed by atoms with van der Waals surface area (Å²) < 4.78 is 32.4. The zero-order valence-electron chi connectivity index (χ0n) is 16.3. The number of anilines is 1. The van der Waals surface area contributed by atoms with Gasteiger partial charge in [0.1, 0.15) is 11.5 Å². The molecule has 1 N–H and O–H groups in total. The van der Waals surface area contributed by atoms with Gasteiger partial charge in [-0.25, -0.2) is 8.42 Å². The second-order valence-corrected chi connectivity index (χ2v) is 8.32. The Morgan fingerprint density at radius 3 is 2.07 bits per heavy atom. The highest BCUT2D eigenvalue weighted by Crippen LogP contribution is 2.23. The number of carbonyl (C=O) groups is 1. The predicted molar refractivity (Wildman–Crippen MR) is 117 cm³/mol. The number of carbonyl (C=O) groups excluding carboxylic acids is 1. The van der Waals surface area contributed by atoms with Crippen LogP contribution in [0.4, 0.5) is 5.69 Å². The molecule has 1 amide bonds. The molecule has 0 aliphatic carbocycles. The molecule has 0 radical (unpaired) electrons. The monoisotopic (exact) mass is 422 g/mol. The third-order valence-electron chi connectivity index (χ3n) is 4.15. The largest absolute Gasteiger partial charge is 0.457 e. The number of nitrogens with one attached hydrogen (secondary N) is 1. The first-order valence-electron chi connectivity index (χ1n) is 9.28. The molecule has 7 heteroatoms. The highest BCUT2D eigenvalue weighted by atomic mass is 32.2. The maximum atomic E-state index is 12.8. The molecule has 0 unspecified atom stereocenters. The van der Waals surface area contributed by atoms with Crippen LogP contribution in [-0.2, 0) is 14.8 Å². The minimum Gasteiger partial charge on any atom is -0.457 e. The molecule has 154 valence electrons. The Bertz CT molecular complexity index is 1080. The fraction of sp³-hybridized carbons (Fsp3) is 0.0870. The second-order valence-electron chi connectivity index (χ2n) is 6.39. The van der Waals surface area contributed by atoms with Crippen molar-refractivity contribution in [3.8, 4) is 11.5 Å². The van der Waals surface area contributed by atoms with Gasteiger partial charge in [0.15, 0.2) is 0 Å². The van der Waals surface area contributed by atoms with Crippen LogP contribution in [0.25, 0.3) is 0 Å². The number of amides is 1. The van der Waals surface area contributed by atoms with Crippen molar-refractivity contribution in [2.45, 2.75) is 4.90 Å². The van der Waals surface area contributed by atoms with Gasteiger partial charge in [0.05, 0.1) is 11.4 Å². The van der Waals surface area contributed by atoms with Gasteiger partial charge in [0.25, 0.3) is 0 Å². The molecule has 0 heterocycles. The molecular weight excluding hydrogens is 400 g/mol. The van der Waals surface area contributed by atoms with E-state index >= 15 is 0 Å². The van der Waals surface area contributed by atoms with Crippen LogP contribution in [0.15, 0.2) is 102 Å². The van der Waals surface area contributed by atoms with Gasteiger partial charge in [-0.2, -0.15) is 4.31 Å². The maximum absolute atomic E-state index is 12.8. The molecule has 0 spiro atoms. The van der Waals surface area contributed by atoms with Crippen molar-refractivity contribution in [1.82, 2.24) is 4.31 Å². The molecule has 0 saturated heterocycles. The molecule has 0 aliphatic heterocycles. The fourth-order valence-electron chi connectivity index (χ4n) is 2.72. The van der Waals surface area contributed by atoms with Crippen LogP contribution in [0.5, 0.6) is 11.5 Å². The van der Waals surface area contributed by atoms with Gasteiger partial charge in [-0.3, -0.25) is 4.79 Å². The molecule has 3 rings (SSSR count). The molecule has 3 aromatic rings. The Labute approximate surface area is 176 Å². The van der Waals surface area contributed by atoms with E-state index in [2.05, 4.69) is 11.9 Å². The van der Waals surface area contributed by atoms with E-state index in [0.717, 1.165) is 4.31 Å². The van der Waals surface area contributed by atoms with Crippen LogP contribution in [-0.4, -0.2) is 31.7 Å². The molecule has 3 aromatic carbocycles. The van der Waals surface area contributed by atoms with Gasteiger partial charge < -0.3 is 10.1 Å². The highest BCUT2D eigenvalue weighted by Gasteiger charge is 2.25. The van der Waals surface area contributed by atoms with Crippen LogP contribution in [0.2, 0.25) is 0 Å². The van der Waals surface area contributed by atoms with E-state index in [1.54, 1.807) is 42.5 Å². The van der Waals surface area contributed by atoms with E-state index in [1.165, 1.54) is 18.2 Å². The summed E-state index contributed by atoms with van der Waals surface area (Å²) in [7, 11) is -3.81. The summed E-state index contributed by atoms with van der Waals surface area (Å²) >= 11 is 0. The van der Waals surface area contributed by atoms with Crippen LogP contribution >= 0.6 is 0 Å². The predicted octanol–water partition coefficient (Wildman–Crippen LogP) is 4.29. The van der Waals surface area contributed by atoms with Crippen molar-refractivity contribution < 1.29 is 17.9 Å². The Hall–Kier alpha value is -3.42. The number of ether oxygens (including phenoxy) is 1. The van der Waals surface area contributed by atoms with Crippen molar-refractivity contribution in [3.63, 3.8) is 0 Å². The van der Waals surface area contributed by atoms with Gasteiger partial charge in [0.2, 0.25) is 15.9 Å². The standard InChI is InChI=1S/C23H22N2O4S/c1-2-17-25(30(27,28)22-11-7-4-8-12-22)18-23(26)24-19-13-15-21(16-14-19)29-20-9-5-3-6-10-20/h2-16H,1,17-18H2,(H,24,26). The first-order valence-corrected chi connectivity index (χ1v) is 10.7. The van der Waals surface area contributed by atoms with E-state index in [1.807, 2.05) is 30.3 Å². The van der Waals surface area contributed by atoms with Gasteiger partial charge in [-0.15, -0.1) is 6.58 Å². The summed E-state index contributed by atoms with van der Waals surface area (Å²) in [6.45, 7) is 3.29. The van der Waals surface area contributed by atoms with Crippen molar-refractivity contribution in [2.24, 2.45) is 0 Å². The minimum atomic E-state index is -3.81. The van der Waals surface area contributed by atoms with Gasteiger partial charge in [0, 0.05) is 12.2 Å². The Morgan fingerprint density at radius 2 is 1.47 bits per heavy atom. The average Bonchev–Trinajstić information content (AvgIpc) is 2.76. The number of hydrogen-bond acceptors (Lipinski definition) is 4. The molecule has 30 heavy (non-hydrogen) atoms. The van der Waals surface area contributed by atoms with Crippen LogP contribution < -0.4 is 10.1 Å². The number of nitrogens with zero attached hydrogens (tertiary/aromatic N) is 1. The summed E-state index contributed by atoms with van der Waals surface area (Å²) in [6.07, 6.45) is 1.45. The molecule has 0 bridgehead atoms. The maximum Gasteiger partial charge on any atom is 0.243 e. The van der Waals surface area contributed by atoms with E-state index < -0.39 is 15.9 Å². The lowest BCUT2D eigenvalue weighted by Crippen LogP contribution is -2.38. The normalized spacial score (nSPS) is 11.1. The SMILES string of the molecule is C=CCN(CC(=O)Nc1ccc(Oc2ccccc2)cc1)S(=O)(=O)c1ccccc1. The van der Waals surface area contributed by atoms with Gasteiger partial charge in [-0.05, 0) is 48.5 Å². The summed E-state index contributed by atoms with van der Waals surface area (Å²) in [4.78, 5) is 12.6. The van der Waals surface area contributed by atoms with E-state index in [0.29, 0.717) is 17.2 Å². The number of benzene rings is 3. The molecule has 0 saturated carbocycles. The number of para-hydroxylation sites is 1. The van der Waals surface area contributed by atoms with E-state index in [9.17, 15) is 13.2 Å². The van der Waals surface area contributed by atoms with Crippen LogP contribution in [0.1, 0.15) is 0 Å². The number of sulfonamides is 1. The third kappa shape index (κ3) is 5.56. The zero-order valence-corrected chi connectivity index (χ0v) is 17.1.